The first kappa shape index (κ1) is 13.5. The van der Waals surface area contributed by atoms with Crippen LogP contribution in [0, 0.1) is 6.92 Å². The molecule has 1 aliphatic heterocycles. The van der Waals surface area contributed by atoms with E-state index < -0.39 is 0 Å². The largest absolute Gasteiger partial charge is 0.399 e. The number of fused-ring (bicyclic) bond motifs is 1. The lowest BCUT2D eigenvalue weighted by Gasteiger charge is -2.20. The minimum absolute atomic E-state index is 0.829. The first-order valence-corrected chi connectivity index (χ1v) is 7.74. The molecular formula is C15H19BrN4. The van der Waals surface area contributed by atoms with Crippen molar-refractivity contribution in [2.24, 2.45) is 0 Å². The van der Waals surface area contributed by atoms with Gasteiger partial charge in [0, 0.05) is 24.5 Å². The summed E-state index contributed by atoms with van der Waals surface area (Å²) in [5.74, 6) is 0. The number of halogens is 1. The zero-order valence-electron chi connectivity index (χ0n) is 11.9. The molecule has 0 spiro atoms. The van der Waals surface area contributed by atoms with E-state index >= 15 is 0 Å². The van der Waals surface area contributed by atoms with Crippen molar-refractivity contribution in [3.63, 3.8) is 0 Å². The highest BCUT2D eigenvalue weighted by molar-refractivity contribution is 9.10. The third kappa shape index (κ3) is 2.20. The molecule has 0 bridgehead atoms. The van der Waals surface area contributed by atoms with Gasteiger partial charge in [-0.2, -0.15) is 5.10 Å². The monoisotopic (exact) mass is 334 g/mol. The second-order valence-corrected chi connectivity index (χ2v) is 6.01. The summed E-state index contributed by atoms with van der Waals surface area (Å²) < 4.78 is 3.20. The molecule has 0 unspecified atom stereocenters. The van der Waals surface area contributed by atoms with Crippen molar-refractivity contribution in [3.05, 3.63) is 39.6 Å². The Bertz CT molecular complexity index is 648. The number of nitrogens with zero attached hydrogens (tertiary/aromatic N) is 3. The number of benzene rings is 1. The lowest BCUT2D eigenvalue weighted by atomic mass is 10.1. The van der Waals surface area contributed by atoms with Crippen LogP contribution in [0.15, 0.2) is 22.7 Å². The molecule has 0 saturated heterocycles. The standard InChI is InChI=1S/C15H19BrN4/c1-3-20-14(15(16)10(2)18-20)9-19-7-6-11-4-5-12(17)8-13(11)19/h4-5,8H,3,6-7,9,17H2,1-2H3. The van der Waals surface area contributed by atoms with E-state index in [1.54, 1.807) is 0 Å². The van der Waals surface area contributed by atoms with Gasteiger partial charge >= 0.3 is 0 Å². The zero-order chi connectivity index (χ0) is 14.3. The first-order chi connectivity index (χ1) is 9.60. The molecule has 2 aromatic rings. The van der Waals surface area contributed by atoms with Crippen molar-refractivity contribution in [2.45, 2.75) is 33.4 Å². The van der Waals surface area contributed by atoms with Crippen LogP contribution in [0.4, 0.5) is 11.4 Å². The van der Waals surface area contributed by atoms with Crippen molar-refractivity contribution >= 4 is 27.3 Å². The summed E-state index contributed by atoms with van der Waals surface area (Å²) in [6.07, 6.45) is 1.09. The van der Waals surface area contributed by atoms with Crippen LogP contribution in [0.3, 0.4) is 0 Å². The average molecular weight is 335 g/mol. The van der Waals surface area contributed by atoms with Gasteiger partial charge < -0.3 is 10.6 Å². The fraction of sp³-hybridized carbons (Fsp3) is 0.400. The third-order valence-corrected chi connectivity index (χ3v) is 4.93. The Kier molecular flexibility index (Phi) is 3.46. The van der Waals surface area contributed by atoms with Crippen LogP contribution in [0.25, 0.3) is 0 Å². The predicted molar refractivity (Wildman–Crippen MR) is 85.9 cm³/mol. The van der Waals surface area contributed by atoms with E-state index in [0.29, 0.717) is 0 Å². The Hall–Kier alpha value is -1.49. The molecule has 0 radical (unpaired) electrons. The molecule has 0 amide bonds. The van der Waals surface area contributed by atoms with Crippen molar-refractivity contribution in [2.75, 3.05) is 17.2 Å². The molecule has 1 aromatic carbocycles. The molecule has 1 aliphatic rings. The van der Waals surface area contributed by atoms with Crippen molar-refractivity contribution in [1.29, 1.82) is 0 Å². The molecule has 106 valence electrons. The van der Waals surface area contributed by atoms with Gasteiger partial charge in [-0.1, -0.05) is 6.07 Å². The smallest absolute Gasteiger partial charge is 0.0739 e. The number of nitrogens with two attached hydrogens (primary N) is 1. The number of nitrogen functional groups attached to an aromatic ring is 1. The Morgan fingerprint density at radius 2 is 2.20 bits per heavy atom. The number of rotatable bonds is 3. The lowest BCUT2D eigenvalue weighted by Crippen LogP contribution is -2.22. The van der Waals surface area contributed by atoms with E-state index in [-0.39, 0.29) is 0 Å². The number of aryl methyl sites for hydroxylation is 2. The molecule has 0 saturated carbocycles. The second kappa shape index (κ2) is 5.13. The summed E-state index contributed by atoms with van der Waals surface area (Å²) >= 11 is 3.67. The molecule has 1 aromatic heterocycles. The normalized spacial score (nSPS) is 13.8. The van der Waals surface area contributed by atoms with Gasteiger partial charge in [-0.15, -0.1) is 0 Å². The molecule has 0 atom stereocenters. The zero-order valence-corrected chi connectivity index (χ0v) is 13.4. The summed E-state index contributed by atoms with van der Waals surface area (Å²) in [7, 11) is 0. The SMILES string of the molecule is CCn1nc(C)c(Br)c1CN1CCc2ccc(N)cc21. The molecule has 0 aliphatic carbocycles. The van der Waals surface area contributed by atoms with E-state index in [2.05, 4.69) is 49.7 Å². The molecule has 2 heterocycles. The minimum atomic E-state index is 0.829. The van der Waals surface area contributed by atoms with Crippen LogP contribution in [0.1, 0.15) is 23.9 Å². The van der Waals surface area contributed by atoms with Gasteiger partial charge in [0.15, 0.2) is 0 Å². The van der Waals surface area contributed by atoms with E-state index in [1.807, 2.05) is 13.0 Å². The molecule has 3 rings (SSSR count). The van der Waals surface area contributed by atoms with Gasteiger partial charge in [0.2, 0.25) is 0 Å². The first-order valence-electron chi connectivity index (χ1n) is 6.95. The Morgan fingerprint density at radius 3 is 2.95 bits per heavy atom. The molecule has 5 heteroatoms. The predicted octanol–water partition coefficient (Wildman–Crippen LogP) is 3.12. The van der Waals surface area contributed by atoms with E-state index in [9.17, 15) is 0 Å². The van der Waals surface area contributed by atoms with Crippen LogP contribution >= 0.6 is 15.9 Å². The summed E-state index contributed by atoms with van der Waals surface area (Å²) in [6, 6.07) is 6.20. The maximum Gasteiger partial charge on any atom is 0.0739 e. The van der Waals surface area contributed by atoms with Crippen LogP contribution in [0.5, 0.6) is 0 Å². The molecule has 20 heavy (non-hydrogen) atoms. The lowest BCUT2D eigenvalue weighted by molar-refractivity contribution is 0.608. The van der Waals surface area contributed by atoms with Gasteiger partial charge in [-0.25, -0.2) is 0 Å². The van der Waals surface area contributed by atoms with Crippen LogP contribution in [0.2, 0.25) is 0 Å². The van der Waals surface area contributed by atoms with Crippen LogP contribution < -0.4 is 10.6 Å². The Morgan fingerprint density at radius 1 is 1.40 bits per heavy atom. The molecule has 4 nitrogen and oxygen atoms in total. The number of aromatic nitrogens is 2. The van der Waals surface area contributed by atoms with E-state index in [1.165, 1.54) is 16.9 Å². The molecular weight excluding hydrogens is 316 g/mol. The highest BCUT2D eigenvalue weighted by Crippen LogP contribution is 2.32. The van der Waals surface area contributed by atoms with Gasteiger partial charge in [0.25, 0.3) is 0 Å². The number of hydrogen-bond donors (Lipinski definition) is 1. The summed E-state index contributed by atoms with van der Waals surface area (Å²) in [5.41, 5.74) is 11.7. The number of hydrogen-bond acceptors (Lipinski definition) is 3. The third-order valence-electron chi connectivity index (χ3n) is 3.89. The fourth-order valence-electron chi connectivity index (χ4n) is 2.83. The highest BCUT2D eigenvalue weighted by atomic mass is 79.9. The van der Waals surface area contributed by atoms with Gasteiger partial charge in [0.1, 0.15) is 0 Å². The summed E-state index contributed by atoms with van der Waals surface area (Å²) in [5, 5.41) is 4.56. The van der Waals surface area contributed by atoms with E-state index in [4.69, 9.17) is 5.73 Å². The van der Waals surface area contributed by atoms with Gasteiger partial charge in [0.05, 0.1) is 22.4 Å². The quantitative estimate of drug-likeness (QED) is 0.877. The summed E-state index contributed by atoms with van der Waals surface area (Å²) in [6.45, 7) is 6.96. The molecule has 2 N–H and O–H groups in total. The van der Waals surface area contributed by atoms with Gasteiger partial charge in [-0.05, 0) is 53.9 Å². The molecule has 0 fully saturated rings. The topological polar surface area (TPSA) is 47.1 Å². The fourth-order valence-corrected chi connectivity index (χ4v) is 3.24. The van der Waals surface area contributed by atoms with Crippen molar-refractivity contribution < 1.29 is 0 Å². The Labute approximate surface area is 127 Å². The number of anilines is 2. The van der Waals surface area contributed by atoms with Crippen LogP contribution in [-0.2, 0) is 19.5 Å². The van der Waals surface area contributed by atoms with Crippen molar-refractivity contribution in [1.82, 2.24) is 9.78 Å². The second-order valence-electron chi connectivity index (χ2n) is 5.22. The average Bonchev–Trinajstić information content (AvgIpc) is 2.95. The maximum absolute atomic E-state index is 5.92. The minimum Gasteiger partial charge on any atom is -0.399 e. The van der Waals surface area contributed by atoms with Gasteiger partial charge in [-0.3, -0.25) is 4.68 Å². The Balaban J connectivity index is 1.93. The maximum atomic E-state index is 5.92. The van der Waals surface area contributed by atoms with Crippen molar-refractivity contribution in [3.8, 4) is 0 Å². The highest BCUT2D eigenvalue weighted by Gasteiger charge is 2.22. The van der Waals surface area contributed by atoms with Crippen LogP contribution in [-0.4, -0.2) is 16.3 Å². The summed E-state index contributed by atoms with van der Waals surface area (Å²) in [4.78, 5) is 2.39. The van der Waals surface area contributed by atoms with E-state index in [0.717, 1.165) is 41.9 Å².